The molecule has 0 saturated heterocycles. The van der Waals surface area contributed by atoms with Crippen LogP contribution in [0.4, 0.5) is 13.2 Å². The first-order valence-corrected chi connectivity index (χ1v) is 10.8. The van der Waals surface area contributed by atoms with Crippen LogP contribution in [0.1, 0.15) is 42.3 Å². The lowest BCUT2D eigenvalue weighted by atomic mass is 10.1. The average molecular weight is 467 g/mol. The van der Waals surface area contributed by atoms with E-state index >= 15 is 0 Å². The molecule has 8 heteroatoms. The molecule has 2 aromatic carbocycles. The summed E-state index contributed by atoms with van der Waals surface area (Å²) in [5.41, 5.74) is 1.36. The second-order valence-corrected chi connectivity index (χ2v) is 9.08. The van der Waals surface area contributed by atoms with E-state index < -0.39 is 23.8 Å². The highest BCUT2D eigenvalue weighted by molar-refractivity contribution is 5.93. The van der Waals surface area contributed by atoms with Crippen LogP contribution in [-0.2, 0) is 11.3 Å². The molecule has 0 fully saturated rings. The smallest absolute Gasteiger partial charge is 0.405 e. The lowest BCUT2D eigenvalue weighted by Gasteiger charge is -2.27. The molecule has 2 aromatic rings. The minimum absolute atomic E-state index is 0.0339. The molecule has 0 heterocycles. The van der Waals surface area contributed by atoms with E-state index in [4.69, 9.17) is 9.47 Å². The predicted octanol–water partition coefficient (Wildman–Crippen LogP) is 4.98. The maximum absolute atomic E-state index is 13.6. The number of nitrogens with zero attached hydrogens (tertiary/aromatic N) is 1. The Morgan fingerprint density at radius 2 is 1.76 bits per heavy atom. The number of ether oxygens (including phenoxy) is 2. The van der Waals surface area contributed by atoms with Crippen molar-refractivity contribution in [2.24, 2.45) is 0 Å². The van der Waals surface area contributed by atoms with Gasteiger partial charge in [-0.25, -0.2) is 4.79 Å². The van der Waals surface area contributed by atoms with Crippen molar-refractivity contribution in [2.45, 2.75) is 52.1 Å². The third-order valence-corrected chi connectivity index (χ3v) is 4.69. The van der Waals surface area contributed by atoms with Gasteiger partial charge < -0.3 is 19.7 Å². The summed E-state index contributed by atoms with van der Waals surface area (Å²) < 4.78 is 51.7. The number of hydrogen-bond donors (Lipinski definition) is 1. The standard InChI is InChI=1S/C25H33F3N2O3/c1-18-11-12-21(20(15-18)23(31)33-24(2,3)4)32-14-13-29-22(25(26,27)28)17-30(5)16-19-9-7-6-8-10-19/h6-12,15,22,29H,13-14,16-17H2,1-5H3. The monoisotopic (exact) mass is 466 g/mol. The Morgan fingerprint density at radius 1 is 1.09 bits per heavy atom. The van der Waals surface area contributed by atoms with Gasteiger partial charge in [0.25, 0.3) is 0 Å². The van der Waals surface area contributed by atoms with Gasteiger partial charge in [0.2, 0.25) is 0 Å². The molecule has 1 N–H and O–H groups in total. The van der Waals surface area contributed by atoms with E-state index in [1.165, 1.54) is 0 Å². The lowest BCUT2D eigenvalue weighted by molar-refractivity contribution is -0.159. The normalized spacial score (nSPS) is 13.1. The first-order chi connectivity index (χ1) is 15.3. The van der Waals surface area contributed by atoms with E-state index in [1.807, 2.05) is 37.3 Å². The molecule has 0 amide bonds. The molecule has 1 unspecified atom stereocenters. The highest BCUT2D eigenvalue weighted by Gasteiger charge is 2.39. The fourth-order valence-corrected chi connectivity index (χ4v) is 3.21. The second kappa shape index (κ2) is 11.5. The van der Waals surface area contributed by atoms with Crippen LogP contribution >= 0.6 is 0 Å². The van der Waals surface area contributed by atoms with Crippen molar-refractivity contribution in [2.75, 3.05) is 26.7 Å². The first kappa shape index (κ1) is 26.7. The quantitative estimate of drug-likeness (QED) is 0.395. The van der Waals surface area contributed by atoms with Gasteiger partial charge >= 0.3 is 12.1 Å². The van der Waals surface area contributed by atoms with Gasteiger partial charge in [-0.1, -0.05) is 42.0 Å². The molecule has 0 aliphatic rings. The summed E-state index contributed by atoms with van der Waals surface area (Å²) in [6.07, 6.45) is -4.41. The summed E-state index contributed by atoms with van der Waals surface area (Å²) in [6, 6.07) is 12.7. The number of likely N-dealkylation sites (N-methyl/N-ethyl adjacent to an activating group) is 1. The van der Waals surface area contributed by atoms with E-state index in [2.05, 4.69) is 5.32 Å². The zero-order valence-corrected chi connectivity index (χ0v) is 19.8. The van der Waals surface area contributed by atoms with E-state index in [1.54, 1.807) is 50.9 Å². The number of carbonyl (C=O) groups is 1. The number of nitrogens with one attached hydrogen (secondary N) is 1. The number of hydrogen-bond acceptors (Lipinski definition) is 5. The summed E-state index contributed by atoms with van der Waals surface area (Å²) in [5, 5.41) is 2.54. The fraction of sp³-hybridized carbons (Fsp3) is 0.480. The third-order valence-electron chi connectivity index (χ3n) is 4.69. The minimum atomic E-state index is -4.41. The van der Waals surface area contributed by atoms with E-state index in [0.717, 1.165) is 11.1 Å². The lowest BCUT2D eigenvalue weighted by Crippen LogP contribution is -2.50. The number of rotatable bonds is 10. The molecule has 5 nitrogen and oxygen atoms in total. The van der Waals surface area contributed by atoms with Gasteiger partial charge in [0.05, 0.1) is 0 Å². The summed E-state index contributed by atoms with van der Waals surface area (Å²) in [5.74, 6) is -0.258. The molecule has 182 valence electrons. The maximum atomic E-state index is 13.6. The highest BCUT2D eigenvalue weighted by Crippen LogP contribution is 2.24. The van der Waals surface area contributed by atoms with Gasteiger partial charge in [-0.2, -0.15) is 13.2 Å². The van der Waals surface area contributed by atoms with Crippen LogP contribution in [0.2, 0.25) is 0 Å². The van der Waals surface area contributed by atoms with Crippen molar-refractivity contribution in [1.29, 1.82) is 0 Å². The fourth-order valence-electron chi connectivity index (χ4n) is 3.21. The SMILES string of the molecule is Cc1ccc(OCCNC(CN(C)Cc2ccccc2)C(F)(F)F)c(C(=O)OC(C)(C)C)c1. The van der Waals surface area contributed by atoms with Crippen molar-refractivity contribution < 1.29 is 27.4 Å². The number of carbonyl (C=O) groups excluding carboxylic acids is 1. The van der Waals surface area contributed by atoms with Gasteiger partial charge in [0.15, 0.2) is 0 Å². The molecule has 0 radical (unpaired) electrons. The van der Waals surface area contributed by atoms with Crippen molar-refractivity contribution in [3.05, 3.63) is 65.2 Å². The van der Waals surface area contributed by atoms with Crippen LogP contribution in [0.25, 0.3) is 0 Å². The second-order valence-electron chi connectivity index (χ2n) is 9.08. The van der Waals surface area contributed by atoms with Gasteiger partial charge in [-0.15, -0.1) is 0 Å². The number of alkyl halides is 3. The molecule has 2 rings (SSSR count). The van der Waals surface area contributed by atoms with Crippen molar-refractivity contribution in [3.8, 4) is 5.75 Å². The van der Waals surface area contributed by atoms with E-state index in [9.17, 15) is 18.0 Å². The zero-order chi connectivity index (χ0) is 24.6. The molecule has 0 saturated carbocycles. The van der Waals surface area contributed by atoms with Crippen LogP contribution in [0.5, 0.6) is 5.75 Å². The van der Waals surface area contributed by atoms with E-state index in [0.29, 0.717) is 6.54 Å². The molecule has 0 aromatic heterocycles. The Bertz CT molecular complexity index is 896. The first-order valence-electron chi connectivity index (χ1n) is 10.8. The Kier molecular flexibility index (Phi) is 9.31. The third kappa shape index (κ3) is 9.43. The predicted molar refractivity (Wildman–Crippen MR) is 122 cm³/mol. The van der Waals surface area contributed by atoms with E-state index in [-0.39, 0.29) is 31.0 Å². The highest BCUT2D eigenvalue weighted by atomic mass is 19.4. The minimum Gasteiger partial charge on any atom is -0.491 e. The molecular weight excluding hydrogens is 433 g/mol. The number of esters is 1. The molecule has 0 bridgehead atoms. The van der Waals surface area contributed by atoms with Crippen LogP contribution in [0.3, 0.4) is 0 Å². The largest absolute Gasteiger partial charge is 0.491 e. The summed E-state index contributed by atoms with van der Waals surface area (Å²) in [4.78, 5) is 14.1. The molecule has 1 atom stereocenters. The van der Waals surface area contributed by atoms with Crippen LogP contribution in [0.15, 0.2) is 48.5 Å². The summed E-state index contributed by atoms with van der Waals surface area (Å²) >= 11 is 0. The van der Waals surface area contributed by atoms with Crippen molar-refractivity contribution in [1.82, 2.24) is 10.2 Å². The molecule has 0 aliphatic heterocycles. The Hall–Kier alpha value is -2.58. The Labute approximate surface area is 193 Å². The van der Waals surface area contributed by atoms with Gasteiger partial charge in [-0.05, 0) is 52.4 Å². The molecule has 33 heavy (non-hydrogen) atoms. The van der Waals surface area contributed by atoms with Crippen molar-refractivity contribution in [3.63, 3.8) is 0 Å². The Morgan fingerprint density at radius 3 is 2.36 bits per heavy atom. The number of benzene rings is 2. The average Bonchev–Trinajstić information content (AvgIpc) is 2.69. The van der Waals surface area contributed by atoms with Crippen molar-refractivity contribution >= 4 is 5.97 Å². The molecule has 0 spiro atoms. The zero-order valence-electron chi connectivity index (χ0n) is 19.8. The van der Waals surface area contributed by atoms with Crippen LogP contribution in [-0.4, -0.2) is 55.4 Å². The summed E-state index contributed by atoms with van der Waals surface area (Å²) in [6.45, 7) is 7.25. The topological polar surface area (TPSA) is 50.8 Å². The van der Waals surface area contributed by atoms with Gasteiger partial charge in [0.1, 0.15) is 29.6 Å². The molecule has 0 aliphatic carbocycles. The maximum Gasteiger partial charge on any atom is 0.405 e. The van der Waals surface area contributed by atoms with Crippen LogP contribution in [0, 0.1) is 6.92 Å². The number of aryl methyl sites for hydroxylation is 1. The number of halogens is 3. The summed E-state index contributed by atoms with van der Waals surface area (Å²) in [7, 11) is 1.66. The van der Waals surface area contributed by atoms with Gasteiger partial charge in [-0.3, -0.25) is 0 Å². The Balaban J connectivity index is 1.95. The van der Waals surface area contributed by atoms with Gasteiger partial charge in [0, 0.05) is 19.6 Å². The molecular formula is C25H33F3N2O3. The van der Waals surface area contributed by atoms with Crippen LogP contribution < -0.4 is 10.1 Å².